The number of halogens is 2. The van der Waals surface area contributed by atoms with E-state index in [0.717, 1.165) is 4.90 Å². The average Bonchev–Trinajstić information content (AvgIpc) is 2.90. The minimum Gasteiger partial charge on any atom is -0.493 e. The van der Waals surface area contributed by atoms with Crippen LogP contribution in [0.2, 0.25) is 10.0 Å². The molecular weight excluding hydrogens is 433 g/mol. The summed E-state index contributed by atoms with van der Waals surface area (Å²) in [5, 5.41) is 5.90. The van der Waals surface area contributed by atoms with Crippen LogP contribution < -0.4 is 20.1 Å². The van der Waals surface area contributed by atoms with Gasteiger partial charge >= 0.3 is 6.03 Å². The first kappa shape index (κ1) is 21.7. The van der Waals surface area contributed by atoms with Crippen LogP contribution in [0.1, 0.15) is 12.5 Å². The summed E-state index contributed by atoms with van der Waals surface area (Å²) < 4.78 is 10.5. The van der Waals surface area contributed by atoms with E-state index in [1.54, 1.807) is 25.1 Å². The third-order valence-electron chi connectivity index (χ3n) is 4.68. The fraction of sp³-hybridized carbons (Fsp3) is 0.250. The Morgan fingerprint density at radius 2 is 1.70 bits per heavy atom. The molecule has 1 heterocycles. The van der Waals surface area contributed by atoms with Crippen LogP contribution in [0.3, 0.4) is 0 Å². The molecule has 4 amide bonds. The van der Waals surface area contributed by atoms with Gasteiger partial charge in [0.05, 0.1) is 14.2 Å². The number of urea groups is 1. The molecule has 8 nitrogen and oxygen atoms in total. The molecule has 10 heteroatoms. The van der Waals surface area contributed by atoms with Gasteiger partial charge in [0.15, 0.2) is 11.5 Å². The summed E-state index contributed by atoms with van der Waals surface area (Å²) in [6, 6.07) is 8.74. The number of imide groups is 1. The van der Waals surface area contributed by atoms with Gasteiger partial charge in [0, 0.05) is 15.7 Å². The Labute approximate surface area is 183 Å². The van der Waals surface area contributed by atoms with Gasteiger partial charge in [-0.3, -0.25) is 14.5 Å². The Hall–Kier alpha value is -2.97. The molecule has 1 aliphatic heterocycles. The first-order valence-corrected chi connectivity index (χ1v) is 9.56. The normalized spacial score (nSPS) is 18.2. The van der Waals surface area contributed by atoms with E-state index in [9.17, 15) is 14.4 Å². The average molecular weight is 452 g/mol. The van der Waals surface area contributed by atoms with Gasteiger partial charge in [-0.15, -0.1) is 0 Å². The molecule has 1 atom stereocenters. The number of ether oxygens (including phenoxy) is 2. The number of nitrogens with zero attached hydrogens (tertiary/aromatic N) is 1. The molecule has 1 aliphatic rings. The Balaban J connectivity index is 1.79. The molecule has 0 radical (unpaired) electrons. The molecule has 0 saturated carbocycles. The maximum Gasteiger partial charge on any atom is 0.325 e. The van der Waals surface area contributed by atoms with E-state index in [1.807, 2.05) is 0 Å². The third kappa shape index (κ3) is 4.15. The maximum atomic E-state index is 13.0. The number of benzene rings is 2. The van der Waals surface area contributed by atoms with Crippen LogP contribution in [-0.4, -0.2) is 43.5 Å². The summed E-state index contributed by atoms with van der Waals surface area (Å²) in [5.41, 5.74) is -0.522. The molecule has 0 spiro atoms. The van der Waals surface area contributed by atoms with Crippen molar-refractivity contribution in [1.82, 2.24) is 10.2 Å². The van der Waals surface area contributed by atoms with Gasteiger partial charge in [-0.1, -0.05) is 29.3 Å². The van der Waals surface area contributed by atoms with Crippen LogP contribution in [-0.2, 0) is 15.1 Å². The largest absolute Gasteiger partial charge is 0.493 e. The number of methoxy groups -OCH3 is 2. The van der Waals surface area contributed by atoms with Crippen molar-refractivity contribution in [3.05, 3.63) is 52.0 Å². The van der Waals surface area contributed by atoms with Crippen LogP contribution in [0, 0.1) is 0 Å². The van der Waals surface area contributed by atoms with Crippen molar-refractivity contribution in [2.24, 2.45) is 0 Å². The van der Waals surface area contributed by atoms with Crippen molar-refractivity contribution < 1.29 is 23.9 Å². The Morgan fingerprint density at radius 3 is 2.30 bits per heavy atom. The van der Waals surface area contributed by atoms with Crippen molar-refractivity contribution in [2.45, 2.75) is 12.5 Å². The molecule has 3 rings (SSSR count). The van der Waals surface area contributed by atoms with Gasteiger partial charge in [0.1, 0.15) is 12.1 Å². The SMILES string of the molecule is COc1ccc([C@@]2(C)NC(=O)N(CC(=O)Nc3cc(Cl)cc(Cl)c3)C2=O)cc1OC. The quantitative estimate of drug-likeness (QED) is 0.655. The molecule has 0 aliphatic carbocycles. The zero-order chi connectivity index (χ0) is 22.1. The Morgan fingerprint density at radius 1 is 1.07 bits per heavy atom. The molecule has 30 heavy (non-hydrogen) atoms. The number of nitrogens with one attached hydrogen (secondary N) is 2. The van der Waals surface area contributed by atoms with E-state index in [-0.39, 0.29) is 0 Å². The lowest BCUT2D eigenvalue weighted by Crippen LogP contribution is -2.42. The zero-order valence-electron chi connectivity index (χ0n) is 16.4. The monoisotopic (exact) mass is 451 g/mol. The van der Waals surface area contributed by atoms with E-state index in [2.05, 4.69) is 10.6 Å². The van der Waals surface area contributed by atoms with Gasteiger partial charge < -0.3 is 20.1 Å². The molecule has 158 valence electrons. The molecule has 1 fully saturated rings. The molecule has 0 unspecified atom stereocenters. The second-order valence-corrected chi connectivity index (χ2v) is 7.60. The van der Waals surface area contributed by atoms with Crippen LogP contribution in [0.25, 0.3) is 0 Å². The number of hydrogen-bond donors (Lipinski definition) is 2. The molecule has 2 N–H and O–H groups in total. The van der Waals surface area contributed by atoms with Crippen LogP contribution in [0.5, 0.6) is 11.5 Å². The summed E-state index contributed by atoms with van der Waals surface area (Å²) in [7, 11) is 2.97. The number of anilines is 1. The zero-order valence-corrected chi connectivity index (χ0v) is 17.9. The van der Waals surface area contributed by atoms with Crippen molar-refractivity contribution in [1.29, 1.82) is 0 Å². The Kier molecular flexibility index (Phi) is 6.09. The van der Waals surface area contributed by atoms with Gasteiger partial charge in [-0.05, 0) is 42.8 Å². The minimum absolute atomic E-state index is 0.342. The highest BCUT2D eigenvalue weighted by atomic mass is 35.5. The fourth-order valence-electron chi connectivity index (χ4n) is 3.15. The summed E-state index contributed by atoms with van der Waals surface area (Å²) in [6.07, 6.45) is 0. The molecule has 1 saturated heterocycles. The number of rotatable bonds is 6. The highest BCUT2D eigenvalue weighted by Gasteiger charge is 2.49. The van der Waals surface area contributed by atoms with Gasteiger partial charge in [0.25, 0.3) is 5.91 Å². The molecule has 2 aromatic carbocycles. The number of carbonyl (C=O) groups is 3. The first-order valence-electron chi connectivity index (χ1n) is 8.80. The second kappa shape index (κ2) is 8.41. The van der Waals surface area contributed by atoms with Crippen LogP contribution >= 0.6 is 23.2 Å². The fourth-order valence-corrected chi connectivity index (χ4v) is 3.68. The van der Waals surface area contributed by atoms with Gasteiger partial charge in [-0.25, -0.2) is 4.79 Å². The van der Waals surface area contributed by atoms with Crippen LogP contribution in [0.15, 0.2) is 36.4 Å². The highest BCUT2D eigenvalue weighted by molar-refractivity contribution is 6.35. The number of amides is 4. The predicted molar refractivity (Wildman–Crippen MR) is 112 cm³/mol. The lowest BCUT2D eigenvalue weighted by Gasteiger charge is -2.23. The smallest absolute Gasteiger partial charge is 0.325 e. The molecule has 0 aromatic heterocycles. The number of hydrogen-bond acceptors (Lipinski definition) is 5. The van der Waals surface area contributed by atoms with Crippen molar-refractivity contribution in [3.63, 3.8) is 0 Å². The van der Waals surface area contributed by atoms with Gasteiger partial charge in [0.2, 0.25) is 5.91 Å². The lowest BCUT2D eigenvalue weighted by atomic mass is 9.91. The summed E-state index contributed by atoms with van der Waals surface area (Å²) >= 11 is 11.8. The highest BCUT2D eigenvalue weighted by Crippen LogP contribution is 2.35. The lowest BCUT2D eigenvalue weighted by molar-refractivity contribution is -0.133. The van der Waals surface area contributed by atoms with E-state index < -0.39 is 29.9 Å². The van der Waals surface area contributed by atoms with Crippen molar-refractivity contribution in [2.75, 3.05) is 26.1 Å². The van der Waals surface area contributed by atoms with E-state index in [4.69, 9.17) is 32.7 Å². The van der Waals surface area contributed by atoms with Crippen molar-refractivity contribution in [3.8, 4) is 11.5 Å². The topological polar surface area (TPSA) is 97.0 Å². The van der Waals surface area contributed by atoms with Crippen LogP contribution in [0.4, 0.5) is 10.5 Å². The third-order valence-corrected chi connectivity index (χ3v) is 5.12. The second-order valence-electron chi connectivity index (χ2n) is 6.72. The van der Waals surface area contributed by atoms with E-state index in [0.29, 0.717) is 32.8 Å². The minimum atomic E-state index is -1.36. The predicted octanol–water partition coefficient (Wildman–Crippen LogP) is 3.42. The molecular formula is C20H19Cl2N3O5. The Bertz CT molecular complexity index is 1010. The summed E-state index contributed by atoms with van der Waals surface area (Å²) in [6.45, 7) is 1.08. The molecule has 0 bridgehead atoms. The van der Waals surface area contributed by atoms with Crippen molar-refractivity contribution >= 4 is 46.7 Å². The standard InChI is InChI=1S/C20H19Cl2N3O5/c1-20(11-4-5-15(29-2)16(6-11)30-3)18(27)25(19(28)24-20)10-17(26)23-14-8-12(21)7-13(22)9-14/h4-9H,10H2,1-3H3,(H,23,26)(H,24,28)/t20-/m1/s1. The first-order chi connectivity index (χ1) is 14.2. The summed E-state index contributed by atoms with van der Waals surface area (Å²) in [5.74, 6) is -0.252. The molecule has 2 aromatic rings. The number of carbonyl (C=O) groups excluding carboxylic acids is 3. The summed E-state index contributed by atoms with van der Waals surface area (Å²) in [4.78, 5) is 38.8. The maximum absolute atomic E-state index is 13.0. The van der Waals surface area contributed by atoms with Gasteiger partial charge in [-0.2, -0.15) is 0 Å². The van der Waals surface area contributed by atoms with E-state index >= 15 is 0 Å². The van der Waals surface area contributed by atoms with E-state index in [1.165, 1.54) is 32.4 Å².